The van der Waals surface area contributed by atoms with E-state index >= 15 is 0 Å². The van der Waals surface area contributed by atoms with Crippen LogP contribution in [0.25, 0.3) is 33.2 Å². The van der Waals surface area contributed by atoms with Gasteiger partial charge in [-0.1, -0.05) is 0 Å². The zero-order valence-corrected chi connectivity index (χ0v) is 21.0. The molecule has 6 rings (SSSR count). The van der Waals surface area contributed by atoms with Crippen LogP contribution in [0.5, 0.6) is 11.5 Å². The Bertz CT molecular complexity index is 1530. The summed E-state index contributed by atoms with van der Waals surface area (Å²) in [5.74, 6) is 1.74. The summed E-state index contributed by atoms with van der Waals surface area (Å²) >= 11 is 0. The number of anilines is 1. The summed E-state index contributed by atoms with van der Waals surface area (Å²) in [6.45, 7) is 3.27. The summed E-state index contributed by atoms with van der Waals surface area (Å²) in [6.07, 6.45) is 3.84. The van der Waals surface area contributed by atoms with Gasteiger partial charge in [0.15, 0.2) is 0 Å². The summed E-state index contributed by atoms with van der Waals surface area (Å²) in [4.78, 5) is 25.5. The van der Waals surface area contributed by atoms with Gasteiger partial charge in [0.05, 0.1) is 14.2 Å². The molecule has 0 bridgehead atoms. The normalized spacial score (nSPS) is 13.9. The van der Waals surface area contributed by atoms with Crippen LogP contribution in [0.3, 0.4) is 0 Å². The number of carbonyl (C=O) groups is 1. The van der Waals surface area contributed by atoms with Gasteiger partial charge in [-0.15, -0.1) is 0 Å². The highest BCUT2D eigenvalue weighted by Gasteiger charge is 2.23. The third-order valence-corrected chi connectivity index (χ3v) is 7.15. The Hall–Kier alpha value is -4.46. The number of H-pyrrole nitrogens is 1. The zero-order chi connectivity index (χ0) is 25.4. The first-order valence-corrected chi connectivity index (χ1v) is 12.4. The number of carbonyl (C=O) groups excluding carboxylic acids is 1. The molecule has 8 nitrogen and oxygen atoms in total. The lowest BCUT2D eigenvalue weighted by molar-refractivity contribution is -0.132. The second kappa shape index (κ2) is 9.54. The molecule has 1 amide bonds. The van der Waals surface area contributed by atoms with Gasteiger partial charge in [-0.2, -0.15) is 0 Å². The molecular formula is C29H29N5O3. The van der Waals surface area contributed by atoms with Crippen LogP contribution in [0, 0.1) is 0 Å². The summed E-state index contributed by atoms with van der Waals surface area (Å²) in [6, 6.07) is 20.1. The SMILES string of the molecule is COc1ccc(N2CCN(C(=O)Cn3cc(-c4cc5cccnc5[nH]4)c4cc(OC)ccc43)CC2)cc1. The van der Waals surface area contributed by atoms with Gasteiger partial charge in [0, 0.05) is 71.8 Å². The second-order valence-electron chi connectivity index (χ2n) is 9.24. The molecule has 5 aromatic rings. The molecule has 4 heterocycles. The summed E-state index contributed by atoms with van der Waals surface area (Å²) in [7, 11) is 3.34. The van der Waals surface area contributed by atoms with E-state index in [1.54, 1.807) is 20.4 Å². The maximum absolute atomic E-state index is 13.4. The fourth-order valence-corrected chi connectivity index (χ4v) is 5.10. The molecule has 0 spiro atoms. The van der Waals surface area contributed by atoms with E-state index in [1.165, 1.54) is 0 Å². The smallest absolute Gasteiger partial charge is 0.242 e. The monoisotopic (exact) mass is 495 g/mol. The number of benzene rings is 2. The van der Waals surface area contributed by atoms with Crippen molar-refractivity contribution >= 4 is 33.5 Å². The first-order chi connectivity index (χ1) is 18.1. The highest BCUT2D eigenvalue weighted by atomic mass is 16.5. The number of ether oxygens (including phenoxy) is 2. The van der Waals surface area contributed by atoms with E-state index < -0.39 is 0 Å². The van der Waals surface area contributed by atoms with Crippen molar-refractivity contribution in [1.29, 1.82) is 0 Å². The van der Waals surface area contributed by atoms with Gasteiger partial charge in [0.1, 0.15) is 23.7 Å². The van der Waals surface area contributed by atoms with Gasteiger partial charge in [-0.3, -0.25) is 4.79 Å². The van der Waals surface area contributed by atoms with Gasteiger partial charge in [0.25, 0.3) is 0 Å². The van der Waals surface area contributed by atoms with Crippen molar-refractivity contribution in [2.24, 2.45) is 0 Å². The lowest BCUT2D eigenvalue weighted by Crippen LogP contribution is -2.49. The maximum atomic E-state index is 13.4. The molecule has 0 unspecified atom stereocenters. The van der Waals surface area contributed by atoms with E-state index in [9.17, 15) is 4.79 Å². The van der Waals surface area contributed by atoms with Crippen molar-refractivity contribution in [3.63, 3.8) is 0 Å². The number of methoxy groups -OCH3 is 2. The van der Waals surface area contributed by atoms with Crippen molar-refractivity contribution in [2.75, 3.05) is 45.3 Å². The van der Waals surface area contributed by atoms with Gasteiger partial charge in [0.2, 0.25) is 5.91 Å². The largest absolute Gasteiger partial charge is 0.497 e. The predicted molar refractivity (Wildman–Crippen MR) is 145 cm³/mol. The molecule has 8 heteroatoms. The Balaban J connectivity index is 1.23. The number of hydrogen-bond donors (Lipinski definition) is 1. The fraction of sp³-hybridized carbons (Fsp3) is 0.241. The molecular weight excluding hydrogens is 466 g/mol. The Labute approximate surface area is 215 Å². The van der Waals surface area contributed by atoms with Crippen LogP contribution in [0.1, 0.15) is 0 Å². The quantitative estimate of drug-likeness (QED) is 0.374. The van der Waals surface area contributed by atoms with Crippen LogP contribution in [-0.4, -0.2) is 65.7 Å². The maximum Gasteiger partial charge on any atom is 0.242 e. The van der Waals surface area contributed by atoms with E-state index in [2.05, 4.69) is 39.3 Å². The minimum absolute atomic E-state index is 0.118. The zero-order valence-electron chi connectivity index (χ0n) is 21.0. The van der Waals surface area contributed by atoms with Crippen LogP contribution in [0.15, 0.2) is 73.1 Å². The molecule has 1 fully saturated rings. The van der Waals surface area contributed by atoms with Crippen LogP contribution >= 0.6 is 0 Å². The van der Waals surface area contributed by atoms with E-state index in [0.717, 1.165) is 63.5 Å². The molecule has 37 heavy (non-hydrogen) atoms. The van der Waals surface area contributed by atoms with Crippen LogP contribution < -0.4 is 14.4 Å². The number of nitrogens with one attached hydrogen (secondary N) is 1. The summed E-state index contributed by atoms with van der Waals surface area (Å²) in [5, 5.41) is 2.08. The highest BCUT2D eigenvalue weighted by Crippen LogP contribution is 2.34. The number of pyridine rings is 1. The van der Waals surface area contributed by atoms with Gasteiger partial charge in [-0.25, -0.2) is 4.98 Å². The van der Waals surface area contributed by atoms with E-state index in [1.807, 2.05) is 51.9 Å². The number of amides is 1. The Kier molecular flexibility index (Phi) is 5.92. The molecule has 0 radical (unpaired) electrons. The predicted octanol–water partition coefficient (Wildman–Crippen LogP) is 4.55. The molecule has 188 valence electrons. The number of nitrogens with zero attached hydrogens (tertiary/aromatic N) is 4. The van der Waals surface area contributed by atoms with Crippen molar-refractivity contribution in [2.45, 2.75) is 6.54 Å². The van der Waals surface area contributed by atoms with E-state index in [0.29, 0.717) is 13.1 Å². The number of hydrogen-bond acceptors (Lipinski definition) is 5. The highest BCUT2D eigenvalue weighted by molar-refractivity contribution is 5.99. The average molecular weight is 496 g/mol. The first-order valence-electron chi connectivity index (χ1n) is 12.4. The van der Waals surface area contributed by atoms with Crippen molar-refractivity contribution < 1.29 is 14.3 Å². The van der Waals surface area contributed by atoms with E-state index in [-0.39, 0.29) is 12.5 Å². The molecule has 1 aliphatic heterocycles. The Morgan fingerprint density at radius 3 is 2.43 bits per heavy atom. The summed E-state index contributed by atoms with van der Waals surface area (Å²) < 4.78 is 12.8. The van der Waals surface area contributed by atoms with Crippen molar-refractivity contribution in [3.8, 4) is 22.8 Å². The van der Waals surface area contributed by atoms with Crippen molar-refractivity contribution in [1.82, 2.24) is 19.4 Å². The minimum Gasteiger partial charge on any atom is -0.497 e. The Morgan fingerprint density at radius 1 is 0.946 bits per heavy atom. The molecule has 1 saturated heterocycles. The third-order valence-electron chi connectivity index (χ3n) is 7.15. The standard InChI is InChI=1S/C29H29N5O3/c1-36-22-7-5-21(6-8-22)32-12-14-33(15-13-32)28(35)19-34-18-25(24-17-23(37-2)9-10-27(24)34)26-16-20-4-3-11-30-29(20)31-26/h3-11,16-18H,12-15,19H2,1-2H3,(H,30,31). The van der Waals surface area contributed by atoms with Crippen LogP contribution in [0.2, 0.25) is 0 Å². The molecule has 0 aliphatic carbocycles. The van der Waals surface area contributed by atoms with Crippen molar-refractivity contribution in [3.05, 3.63) is 73.1 Å². The van der Waals surface area contributed by atoms with E-state index in [4.69, 9.17) is 9.47 Å². The Morgan fingerprint density at radius 2 is 1.70 bits per heavy atom. The number of piperazine rings is 1. The lowest BCUT2D eigenvalue weighted by atomic mass is 10.1. The number of aromatic nitrogens is 3. The minimum atomic E-state index is 0.118. The second-order valence-corrected chi connectivity index (χ2v) is 9.24. The molecule has 1 aliphatic rings. The molecule has 0 saturated carbocycles. The summed E-state index contributed by atoms with van der Waals surface area (Å²) in [5.41, 5.74) is 4.96. The third kappa shape index (κ3) is 4.35. The van der Waals surface area contributed by atoms with Gasteiger partial charge >= 0.3 is 0 Å². The lowest BCUT2D eigenvalue weighted by Gasteiger charge is -2.36. The molecule has 1 N–H and O–H groups in total. The molecule has 3 aromatic heterocycles. The average Bonchev–Trinajstić information content (AvgIpc) is 3.54. The molecule has 0 atom stereocenters. The molecule has 2 aromatic carbocycles. The number of rotatable bonds is 6. The number of fused-ring (bicyclic) bond motifs is 2. The van der Waals surface area contributed by atoms with Gasteiger partial charge < -0.3 is 28.8 Å². The van der Waals surface area contributed by atoms with Crippen LogP contribution in [-0.2, 0) is 11.3 Å². The topological polar surface area (TPSA) is 75.6 Å². The van der Waals surface area contributed by atoms with Crippen LogP contribution in [0.4, 0.5) is 5.69 Å². The fourth-order valence-electron chi connectivity index (χ4n) is 5.10. The first kappa shape index (κ1) is 23.0. The number of aromatic amines is 1. The van der Waals surface area contributed by atoms with Gasteiger partial charge in [-0.05, 0) is 60.7 Å².